The molecule has 0 saturated carbocycles. The molecule has 0 aliphatic heterocycles. The molecule has 0 unspecified atom stereocenters. The van der Waals surface area contributed by atoms with Crippen LogP contribution in [0.15, 0.2) is 51.5 Å². The van der Waals surface area contributed by atoms with Crippen molar-refractivity contribution < 1.29 is 22.4 Å². The molecule has 1 amide bonds. The molecule has 0 saturated heterocycles. The van der Waals surface area contributed by atoms with Crippen LogP contribution in [0.5, 0.6) is 0 Å². The van der Waals surface area contributed by atoms with E-state index in [0.29, 0.717) is 0 Å². The Morgan fingerprint density at radius 3 is 2.60 bits per heavy atom. The van der Waals surface area contributed by atoms with E-state index in [1.54, 1.807) is 16.9 Å². The predicted octanol–water partition coefficient (Wildman–Crippen LogP) is 2.55. The maximum Gasteiger partial charge on any atom is 0.275 e. The van der Waals surface area contributed by atoms with Gasteiger partial charge in [0, 0.05) is 11.6 Å². The molecule has 0 fully saturated rings. The van der Waals surface area contributed by atoms with Crippen molar-refractivity contribution in [3.8, 4) is 6.07 Å². The van der Waals surface area contributed by atoms with Gasteiger partial charge >= 0.3 is 0 Å². The molecular weight excluding hydrogens is 368 g/mol. The molecule has 0 bridgehead atoms. The summed E-state index contributed by atoms with van der Waals surface area (Å²) in [5.41, 5.74) is -0.360. The zero-order chi connectivity index (χ0) is 18.6. The van der Waals surface area contributed by atoms with Crippen LogP contribution in [0.25, 0.3) is 6.08 Å². The number of ketones is 1. The molecule has 0 radical (unpaired) electrons. The third-order valence-corrected chi connectivity index (χ3v) is 4.86. The molecule has 1 heterocycles. The summed E-state index contributed by atoms with van der Waals surface area (Å²) in [5.74, 6) is -1.31. The lowest BCUT2D eigenvalue weighted by Crippen LogP contribution is -2.31. The topological polar surface area (TPSA) is 117 Å². The van der Waals surface area contributed by atoms with E-state index in [1.165, 1.54) is 31.4 Å². The number of hydrogen-bond donors (Lipinski definition) is 1. The molecule has 0 atom stereocenters. The van der Waals surface area contributed by atoms with Gasteiger partial charge in [-0.2, -0.15) is 5.26 Å². The smallest absolute Gasteiger partial charge is 0.275 e. The Labute approximate surface area is 148 Å². The van der Waals surface area contributed by atoms with E-state index in [4.69, 9.17) is 21.3 Å². The summed E-state index contributed by atoms with van der Waals surface area (Å²) in [6.07, 6.45) is 2.43. The molecular formula is C16H11ClN2O5S. The Hall–Kier alpha value is -2.89. The molecule has 0 aliphatic rings. The minimum absolute atomic E-state index is 0.115. The second kappa shape index (κ2) is 7.34. The van der Waals surface area contributed by atoms with Crippen LogP contribution in [0.3, 0.4) is 0 Å². The number of amides is 1. The molecule has 9 heteroatoms. The average molecular weight is 379 g/mol. The number of sulfonamides is 1. The first-order valence-electron chi connectivity index (χ1n) is 6.77. The summed E-state index contributed by atoms with van der Waals surface area (Å²) in [6.45, 7) is 1.26. The van der Waals surface area contributed by atoms with Crippen molar-refractivity contribution in [3.05, 3.63) is 58.5 Å². The Morgan fingerprint density at radius 2 is 2.04 bits per heavy atom. The van der Waals surface area contributed by atoms with Crippen LogP contribution in [0, 0.1) is 11.3 Å². The maximum atomic E-state index is 12.4. The number of nitriles is 1. The van der Waals surface area contributed by atoms with Crippen molar-refractivity contribution in [2.24, 2.45) is 0 Å². The Kier molecular flexibility index (Phi) is 5.41. The first kappa shape index (κ1) is 18.4. The van der Waals surface area contributed by atoms with Gasteiger partial charge in [-0.1, -0.05) is 11.6 Å². The molecule has 7 nitrogen and oxygen atoms in total. The van der Waals surface area contributed by atoms with E-state index in [2.05, 4.69) is 0 Å². The van der Waals surface area contributed by atoms with Crippen LogP contribution in [0.1, 0.15) is 23.0 Å². The SMILES string of the molecule is CC(=O)c1ccc(Cl)c(S(=O)(=O)NC(=O)C(C#N)=Cc2ccco2)c1. The van der Waals surface area contributed by atoms with E-state index >= 15 is 0 Å². The summed E-state index contributed by atoms with van der Waals surface area (Å²) in [4.78, 5) is 23.0. The van der Waals surface area contributed by atoms with Crippen molar-refractivity contribution >= 4 is 39.4 Å². The highest BCUT2D eigenvalue weighted by atomic mass is 35.5. The first-order valence-corrected chi connectivity index (χ1v) is 8.63. The van der Waals surface area contributed by atoms with Crippen molar-refractivity contribution in [1.29, 1.82) is 5.26 Å². The van der Waals surface area contributed by atoms with Gasteiger partial charge in [0.15, 0.2) is 5.78 Å². The van der Waals surface area contributed by atoms with Gasteiger partial charge in [0.2, 0.25) is 0 Å². The standard InChI is InChI=1S/C16H11ClN2O5S/c1-10(20)11-4-5-14(17)15(8-11)25(22,23)19-16(21)12(9-18)7-13-3-2-6-24-13/h2-8H,1H3,(H,19,21). The molecule has 128 valence electrons. The van der Waals surface area contributed by atoms with Crippen molar-refractivity contribution in [2.75, 3.05) is 0 Å². The lowest BCUT2D eigenvalue weighted by Gasteiger charge is -2.09. The Bertz CT molecular complexity index is 1000. The van der Waals surface area contributed by atoms with E-state index in [0.717, 1.165) is 12.1 Å². The van der Waals surface area contributed by atoms with Crippen LogP contribution < -0.4 is 4.72 Å². The monoisotopic (exact) mass is 378 g/mol. The van der Waals surface area contributed by atoms with Gasteiger partial charge in [0.05, 0.1) is 11.3 Å². The first-order chi connectivity index (χ1) is 11.7. The number of halogens is 1. The third kappa shape index (κ3) is 4.35. The minimum atomic E-state index is -4.39. The molecule has 0 spiro atoms. The van der Waals surface area contributed by atoms with E-state index in [9.17, 15) is 18.0 Å². The van der Waals surface area contributed by atoms with Gasteiger partial charge in [-0.15, -0.1) is 0 Å². The van der Waals surface area contributed by atoms with Crippen LogP contribution in [-0.2, 0) is 14.8 Å². The van der Waals surface area contributed by atoms with E-state index in [-0.39, 0.29) is 22.1 Å². The van der Waals surface area contributed by atoms with Crippen molar-refractivity contribution in [2.45, 2.75) is 11.8 Å². The number of nitrogens with zero attached hydrogens (tertiary/aromatic N) is 1. The molecule has 0 aliphatic carbocycles. The highest BCUT2D eigenvalue weighted by molar-refractivity contribution is 7.90. The third-order valence-electron chi connectivity index (χ3n) is 3.05. The fourth-order valence-corrected chi connectivity index (χ4v) is 3.32. The molecule has 1 N–H and O–H groups in total. The minimum Gasteiger partial charge on any atom is -0.465 e. The zero-order valence-electron chi connectivity index (χ0n) is 12.8. The van der Waals surface area contributed by atoms with Crippen LogP contribution in [-0.4, -0.2) is 20.1 Å². The summed E-state index contributed by atoms with van der Waals surface area (Å²) in [5, 5.41) is 8.88. The van der Waals surface area contributed by atoms with Crippen LogP contribution in [0.4, 0.5) is 0 Å². The fourth-order valence-electron chi connectivity index (χ4n) is 1.82. The maximum absolute atomic E-state index is 12.4. The molecule has 1 aromatic carbocycles. The van der Waals surface area contributed by atoms with E-state index < -0.39 is 26.4 Å². The summed E-state index contributed by atoms with van der Waals surface area (Å²) in [7, 11) is -4.39. The lowest BCUT2D eigenvalue weighted by molar-refractivity contribution is -0.115. The Balaban J connectivity index is 2.35. The van der Waals surface area contributed by atoms with E-state index in [1.807, 2.05) is 0 Å². The number of furan rings is 1. The van der Waals surface area contributed by atoms with Gasteiger partial charge in [-0.3, -0.25) is 9.59 Å². The quantitative estimate of drug-likeness (QED) is 0.485. The number of carbonyl (C=O) groups is 2. The number of carbonyl (C=O) groups excluding carboxylic acids is 2. The summed E-state index contributed by atoms with van der Waals surface area (Å²) in [6, 6.07) is 8.29. The summed E-state index contributed by atoms with van der Waals surface area (Å²) >= 11 is 5.86. The van der Waals surface area contributed by atoms with Gasteiger partial charge in [-0.25, -0.2) is 13.1 Å². The predicted molar refractivity (Wildman–Crippen MR) is 89.1 cm³/mol. The second-order valence-electron chi connectivity index (χ2n) is 4.82. The molecule has 25 heavy (non-hydrogen) atoms. The van der Waals surface area contributed by atoms with Crippen LogP contribution in [0.2, 0.25) is 5.02 Å². The van der Waals surface area contributed by atoms with Crippen molar-refractivity contribution in [1.82, 2.24) is 4.72 Å². The highest BCUT2D eigenvalue weighted by Gasteiger charge is 2.24. The largest absolute Gasteiger partial charge is 0.465 e. The number of rotatable bonds is 5. The fraction of sp³-hybridized carbons (Fsp3) is 0.0625. The zero-order valence-corrected chi connectivity index (χ0v) is 14.4. The number of hydrogen-bond acceptors (Lipinski definition) is 6. The lowest BCUT2D eigenvalue weighted by atomic mass is 10.1. The van der Waals surface area contributed by atoms with Gasteiger partial charge in [0.1, 0.15) is 22.3 Å². The molecule has 2 rings (SSSR count). The van der Waals surface area contributed by atoms with Gasteiger partial charge < -0.3 is 4.42 Å². The normalized spacial score (nSPS) is 11.6. The van der Waals surface area contributed by atoms with Gasteiger partial charge in [0.25, 0.3) is 15.9 Å². The number of nitrogens with one attached hydrogen (secondary N) is 1. The average Bonchev–Trinajstić information content (AvgIpc) is 3.05. The number of benzene rings is 1. The summed E-state index contributed by atoms with van der Waals surface area (Å²) < 4.78 is 31.5. The number of Topliss-reactive ketones (excluding diaryl/α,β-unsaturated/α-hetero) is 1. The van der Waals surface area contributed by atoms with Crippen molar-refractivity contribution in [3.63, 3.8) is 0 Å². The molecule has 1 aromatic heterocycles. The van der Waals surface area contributed by atoms with Gasteiger partial charge in [-0.05, 0) is 37.3 Å². The second-order valence-corrected chi connectivity index (χ2v) is 6.88. The molecule has 2 aromatic rings. The highest BCUT2D eigenvalue weighted by Crippen LogP contribution is 2.23. The Morgan fingerprint density at radius 1 is 1.32 bits per heavy atom. The van der Waals surface area contributed by atoms with Crippen LogP contribution >= 0.6 is 11.6 Å².